The number of carbonyl (C=O) groups is 1. The number of hydrogen-bond acceptors (Lipinski definition) is 2. The summed E-state index contributed by atoms with van der Waals surface area (Å²) in [5.41, 5.74) is 3.70. The van der Waals surface area contributed by atoms with Crippen LogP contribution in [0.3, 0.4) is 0 Å². The number of ether oxygens (including phenoxy) is 1. The van der Waals surface area contributed by atoms with E-state index in [0.717, 1.165) is 6.42 Å². The maximum absolute atomic E-state index is 11.2. The van der Waals surface area contributed by atoms with Gasteiger partial charge in [-0.1, -0.05) is 29.3 Å². The predicted molar refractivity (Wildman–Crippen MR) is 60.9 cm³/mol. The SMILES string of the molecule is CCOC(=O)CCc1cc(C)cc(C)c1. The van der Waals surface area contributed by atoms with Crippen LogP contribution in [0.1, 0.15) is 30.0 Å². The van der Waals surface area contributed by atoms with Gasteiger partial charge in [0.15, 0.2) is 0 Å². The molecule has 0 aliphatic rings. The van der Waals surface area contributed by atoms with Gasteiger partial charge in [-0.15, -0.1) is 0 Å². The fraction of sp³-hybridized carbons (Fsp3) is 0.462. The average molecular weight is 206 g/mol. The van der Waals surface area contributed by atoms with Gasteiger partial charge < -0.3 is 4.74 Å². The van der Waals surface area contributed by atoms with Gasteiger partial charge in [-0.05, 0) is 32.8 Å². The van der Waals surface area contributed by atoms with Crippen LogP contribution in [0.25, 0.3) is 0 Å². The van der Waals surface area contributed by atoms with Crippen molar-refractivity contribution < 1.29 is 9.53 Å². The topological polar surface area (TPSA) is 26.3 Å². The minimum absolute atomic E-state index is 0.114. The third kappa shape index (κ3) is 4.15. The van der Waals surface area contributed by atoms with Crippen LogP contribution in [0.2, 0.25) is 0 Å². The van der Waals surface area contributed by atoms with E-state index in [1.54, 1.807) is 0 Å². The molecule has 0 saturated heterocycles. The molecule has 0 aromatic heterocycles. The van der Waals surface area contributed by atoms with Crippen LogP contribution in [0.15, 0.2) is 18.2 Å². The van der Waals surface area contributed by atoms with Crippen LogP contribution >= 0.6 is 0 Å². The Hall–Kier alpha value is -1.31. The second-order valence-corrected chi connectivity index (χ2v) is 3.80. The summed E-state index contributed by atoms with van der Waals surface area (Å²) < 4.78 is 4.89. The third-order valence-electron chi connectivity index (χ3n) is 2.20. The van der Waals surface area contributed by atoms with Gasteiger partial charge in [0.2, 0.25) is 0 Å². The molecule has 0 heterocycles. The molecule has 0 fully saturated rings. The molecule has 0 radical (unpaired) electrons. The largest absolute Gasteiger partial charge is 0.466 e. The molecule has 0 aliphatic carbocycles. The first kappa shape index (κ1) is 11.8. The number of hydrogen-bond donors (Lipinski definition) is 0. The van der Waals surface area contributed by atoms with Crippen molar-refractivity contribution >= 4 is 5.97 Å². The highest BCUT2D eigenvalue weighted by Crippen LogP contribution is 2.10. The Bertz CT molecular complexity index is 322. The van der Waals surface area contributed by atoms with E-state index in [1.165, 1.54) is 16.7 Å². The maximum Gasteiger partial charge on any atom is 0.306 e. The Morgan fingerprint density at radius 3 is 2.33 bits per heavy atom. The first-order chi connectivity index (χ1) is 7.11. The first-order valence-corrected chi connectivity index (χ1v) is 5.34. The molecule has 0 unspecified atom stereocenters. The zero-order chi connectivity index (χ0) is 11.3. The van der Waals surface area contributed by atoms with Crippen molar-refractivity contribution in [3.63, 3.8) is 0 Å². The van der Waals surface area contributed by atoms with Crippen molar-refractivity contribution in [2.24, 2.45) is 0 Å². The summed E-state index contributed by atoms with van der Waals surface area (Å²) in [5.74, 6) is -0.114. The molecule has 0 aliphatic heterocycles. The molecule has 1 aromatic rings. The Morgan fingerprint density at radius 2 is 1.80 bits per heavy atom. The van der Waals surface area contributed by atoms with Gasteiger partial charge >= 0.3 is 5.97 Å². The van der Waals surface area contributed by atoms with E-state index in [0.29, 0.717) is 13.0 Å². The van der Waals surface area contributed by atoms with Crippen LogP contribution in [-0.4, -0.2) is 12.6 Å². The second kappa shape index (κ2) is 5.54. The smallest absolute Gasteiger partial charge is 0.306 e. The van der Waals surface area contributed by atoms with Gasteiger partial charge in [0.05, 0.1) is 6.61 Å². The van der Waals surface area contributed by atoms with Crippen molar-refractivity contribution in [3.8, 4) is 0 Å². The maximum atomic E-state index is 11.2. The van der Waals surface area contributed by atoms with Gasteiger partial charge in [0, 0.05) is 6.42 Å². The molecule has 0 atom stereocenters. The normalized spacial score (nSPS) is 10.1. The first-order valence-electron chi connectivity index (χ1n) is 5.34. The zero-order valence-electron chi connectivity index (χ0n) is 9.67. The van der Waals surface area contributed by atoms with Gasteiger partial charge in [-0.2, -0.15) is 0 Å². The van der Waals surface area contributed by atoms with E-state index in [9.17, 15) is 4.79 Å². The summed E-state index contributed by atoms with van der Waals surface area (Å²) in [6.45, 7) is 6.43. The van der Waals surface area contributed by atoms with Gasteiger partial charge in [-0.25, -0.2) is 0 Å². The molecule has 82 valence electrons. The molecule has 15 heavy (non-hydrogen) atoms. The van der Waals surface area contributed by atoms with E-state index >= 15 is 0 Å². The van der Waals surface area contributed by atoms with E-state index in [-0.39, 0.29) is 5.97 Å². The minimum Gasteiger partial charge on any atom is -0.466 e. The molecule has 0 spiro atoms. The monoisotopic (exact) mass is 206 g/mol. The minimum atomic E-state index is -0.114. The summed E-state index contributed by atoms with van der Waals surface area (Å²) in [4.78, 5) is 11.2. The molecule has 1 rings (SSSR count). The predicted octanol–water partition coefficient (Wildman–Crippen LogP) is 2.80. The Kier molecular flexibility index (Phi) is 4.35. The van der Waals surface area contributed by atoms with E-state index in [1.807, 2.05) is 6.92 Å². The molecule has 0 amide bonds. The lowest BCUT2D eigenvalue weighted by Gasteiger charge is -2.04. The van der Waals surface area contributed by atoms with E-state index in [4.69, 9.17) is 4.74 Å². The summed E-state index contributed by atoms with van der Waals surface area (Å²) in [6, 6.07) is 6.37. The van der Waals surface area contributed by atoms with Crippen LogP contribution in [-0.2, 0) is 16.0 Å². The lowest BCUT2D eigenvalue weighted by Crippen LogP contribution is -2.05. The highest BCUT2D eigenvalue weighted by Gasteiger charge is 2.03. The fourth-order valence-corrected chi connectivity index (χ4v) is 1.69. The second-order valence-electron chi connectivity index (χ2n) is 3.80. The van der Waals surface area contributed by atoms with E-state index < -0.39 is 0 Å². The van der Waals surface area contributed by atoms with E-state index in [2.05, 4.69) is 32.0 Å². The van der Waals surface area contributed by atoms with Crippen LogP contribution in [0.4, 0.5) is 0 Å². The number of benzene rings is 1. The highest BCUT2D eigenvalue weighted by atomic mass is 16.5. The third-order valence-corrected chi connectivity index (χ3v) is 2.20. The Balaban J connectivity index is 2.54. The number of carbonyl (C=O) groups excluding carboxylic acids is 1. The van der Waals surface area contributed by atoms with Crippen molar-refractivity contribution in [2.45, 2.75) is 33.6 Å². The molecule has 0 bridgehead atoms. The number of aryl methyl sites for hydroxylation is 3. The lowest BCUT2D eigenvalue weighted by molar-refractivity contribution is -0.143. The Labute approximate surface area is 91.3 Å². The van der Waals surface area contributed by atoms with Crippen molar-refractivity contribution in [3.05, 3.63) is 34.9 Å². The molecule has 1 aromatic carbocycles. The Morgan fingerprint density at radius 1 is 1.20 bits per heavy atom. The summed E-state index contributed by atoms with van der Waals surface area (Å²) in [7, 11) is 0. The lowest BCUT2D eigenvalue weighted by atomic mass is 10.0. The van der Waals surface area contributed by atoms with Crippen LogP contribution in [0.5, 0.6) is 0 Å². The molecule has 0 N–H and O–H groups in total. The molecule has 2 nitrogen and oxygen atoms in total. The number of rotatable bonds is 4. The zero-order valence-corrected chi connectivity index (χ0v) is 9.67. The molecule has 0 saturated carbocycles. The van der Waals surface area contributed by atoms with Crippen molar-refractivity contribution in [1.29, 1.82) is 0 Å². The standard InChI is InChI=1S/C13H18O2/c1-4-15-13(14)6-5-12-8-10(2)7-11(3)9-12/h7-9H,4-6H2,1-3H3. The fourth-order valence-electron chi connectivity index (χ4n) is 1.69. The molecule has 2 heteroatoms. The van der Waals surface area contributed by atoms with Crippen LogP contribution < -0.4 is 0 Å². The number of esters is 1. The molecular weight excluding hydrogens is 188 g/mol. The average Bonchev–Trinajstić information content (AvgIpc) is 2.14. The van der Waals surface area contributed by atoms with Gasteiger partial charge in [0.25, 0.3) is 0 Å². The highest BCUT2D eigenvalue weighted by molar-refractivity contribution is 5.69. The van der Waals surface area contributed by atoms with Crippen molar-refractivity contribution in [1.82, 2.24) is 0 Å². The quantitative estimate of drug-likeness (QED) is 0.708. The van der Waals surface area contributed by atoms with Crippen molar-refractivity contribution in [2.75, 3.05) is 6.61 Å². The summed E-state index contributed by atoms with van der Waals surface area (Å²) in [5, 5.41) is 0. The summed E-state index contributed by atoms with van der Waals surface area (Å²) in [6.07, 6.45) is 1.23. The van der Waals surface area contributed by atoms with Gasteiger partial charge in [-0.3, -0.25) is 4.79 Å². The summed E-state index contributed by atoms with van der Waals surface area (Å²) >= 11 is 0. The van der Waals surface area contributed by atoms with Gasteiger partial charge in [0.1, 0.15) is 0 Å². The van der Waals surface area contributed by atoms with Crippen LogP contribution in [0, 0.1) is 13.8 Å². The molecular formula is C13H18O2.